The minimum Gasteiger partial charge on any atom is -0.292 e. The predicted molar refractivity (Wildman–Crippen MR) is 117 cm³/mol. The Hall–Kier alpha value is -3.37. The topological polar surface area (TPSA) is 229 Å². The van der Waals surface area contributed by atoms with Gasteiger partial charge in [-0.15, -0.1) is 0 Å². The summed E-state index contributed by atoms with van der Waals surface area (Å²) in [7, 11) is -16.4. The third kappa shape index (κ3) is 3.72. The van der Waals surface area contributed by atoms with Crippen LogP contribution in [0.2, 0.25) is 0 Å². The number of benzene rings is 4. The molecule has 4 rings (SSSR count). The average molecular weight is 525 g/mol. The molecule has 34 heavy (non-hydrogen) atoms. The van der Waals surface area contributed by atoms with Crippen molar-refractivity contribution >= 4 is 68.6 Å². The SMILES string of the molecule is [N-]=[N+]=NC(=O)Cc1c(S(=O)(=O)O)c(S(=O)(=O)O)c2c(S(=O)(=O)O)cc3cccc4ccc1c2c43. The lowest BCUT2D eigenvalue weighted by Gasteiger charge is -2.20. The molecule has 0 radical (unpaired) electrons. The van der Waals surface area contributed by atoms with E-state index in [-0.39, 0.29) is 21.5 Å². The third-order valence-electron chi connectivity index (χ3n) is 5.17. The van der Waals surface area contributed by atoms with E-state index in [2.05, 4.69) is 10.0 Å². The molecule has 0 saturated carbocycles. The molecule has 0 unspecified atom stereocenters. The standard InChI is InChI=1S/C18H11N3O10S3/c19-21-20-13(22)7-11-10-5-4-8-2-1-3-9-6-12(32(23,24)25)16(15(10)14(8)9)18(34(29,30)31)17(11)33(26,27)28/h1-6H,7H2,(H,23,24,25)(H,26,27,28)(H,29,30,31). The van der Waals surface area contributed by atoms with Crippen molar-refractivity contribution in [1.82, 2.24) is 0 Å². The molecule has 0 saturated heterocycles. The van der Waals surface area contributed by atoms with Crippen LogP contribution in [0, 0.1) is 0 Å². The molecule has 0 aliphatic rings. The summed E-state index contributed by atoms with van der Waals surface area (Å²) >= 11 is 0. The highest BCUT2D eigenvalue weighted by atomic mass is 32.2. The number of hydrogen-bond donors (Lipinski definition) is 3. The normalized spacial score (nSPS) is 12.9. The first-order valence-electron chi connectivity index (χ1n) is 8.93. The van der Waals surface area contributed by atoms with Gasteiger partial charge in [0.2, 0.25) is 5.91 Å². The second-order valence-electron chi connectivity index (χ2n) is 7.14. The number of hydrogen-bond acceptors (Lipinski definition) is 7. The van der Waals surface area contributed by atoms with Crippen LogP contribution >= 0.6 is 0 Å². The molecule has 13 nitrogen and oxygen atoms in total. The Morgan fingerprint density at radius 3 is 2.00 bits per heavy atom. The maximum Gasteiger partial charge on any atom is 0.296 e. The zero-order valence-corrected chi connectivity index (χ0v) is 18.9. The molecule has 0 aromatic heterocycles. The molecule has 0 spiro atoms. The fourth-order valence-electron chi connectivity index (χ4n) is 4.11. The smallest absolute Gasteiger partial charge is 0.292 e. The first-order chi connectivity index (χ1) is 15.7. The van der Waals surface area contributed by atoms with Crippen LogP contribution in [0.15, 0.2) is 56.2 Å². The van der Waals surface area contributed by atoms with Gasteiger partial charge in [-0.25, -0.2) is 0 Å². The van der Waals surface area contributed by atoms with Crippen molar-refractivity contribution in [1.29, 1.82) is 0 Å². The van der Waals surface area contributed by atoms with Gasteiger partial charge in [-0.3, -0.25) is 18.5 Å². The molecule has 0 aliphatic carbocycles. The van der Waals surface area contributed by atoms with Gasteiger partial charge in [0.1, 0.15) is 14.7 Å². The molecule has 16 heteroatoms. The summed E-state index contributed by atoms with van der Waals surface area (Å²) in [5.74, 6) is -1.27. The van der Waals surface area contributed by atoms with Crippen LogP contribution in [0.25, 0.3) is 42.8 Å². The van der Waals surface area contributed by atoms with E-state index in [0.717, 1.165) is 6.07 Å². The van der Waals surface area contributed by atoms with Gasteiger partial charge < -0.3 is 0 Å². The summed E-state index contributed by atoms with van der Waals surface area (Å²) in [6.07, 6.45) is -1.03. The zero-order chi connectivity index (χ0) is 25.2. The molecule has 0 heterocycles. The van der Waals surface area contributed by atoms with E-state index in [1.165, 1.54) is 24.3 Å². The summed E-state index contributed by atoms with van der Waals surface area (Å²) in [5, 5.41) is 2.32. The van der Waals surface area contributed by atoms with Crippen molar-refractivity contribution in [2.45, 2.75) is 21.1 Å². The van der Waals surface area contributed by atoms with Crippen LogP contribution in [0.4, 0.5) is 0 Å². The Kier molecular flexibility index (Phi) is 5.30. The van der Waals surface area contributed by atoms with Gasteiger partial charge in [-0.2, -0.15) is 25.3 Å². The van der Waals surface area contributed by atoms with E-state index < -0.39 is 68.3 Å². The highest BCUT2D eigenvalue weighted by molar-refractivity contribution is 7.89. The number of rotatable bonds is 5. The number of azide groups is 1. The van der Waals surface area contributed by atoms with E-state index in [0.29, 0.717) is 5.39 Å². The second kappa shape index (κ2) is 7.57. The summed E-state index contributed by atoms with van der Waals surface area (Å²) in [6, 6.07) is 8.12. The van der Waals surface area contributed by atoms with Crippen molar-refractivity contribution in [3.63, 3.8) is 0 Å². The van der Waals surface area contributed by atoms with E-state index in [4.69, 9.17) is 5.53 Å². The Labute approximate surface area is 190 Å². The van der Waals surface area contributed by atoms with Crippen LogP contribution in [0.5, 0.6) is 0 Å². The lowest BCUT2D eigenvalue weighted by Crippen LogP contribution is -2.16. The highest BCUT2D eigenvalue weighted by Gasteiger charge is 2.36. The van der Waals surface area contributed by atoms with E-state index in [1.54, 1.807) is 6.07 Å². The van der Waals surface area contributed by atoms with Crippen LogP contribution in [0.3, 0.4) is 0 Å². The van der Waals surface area contributed by atoms with Crippen LogP contribution < -0.4 is 0 Å². The highest BCUT2D eigenvalue weighted by Crippen LogP contribution is 2.45. The fraction of sp³-hybridized carbons (Fsp3) is 0.0556. The van der Waals surface area contributed by atoms with Crippen LogP contribution in [0.1, 0.15) is 5.56 Å². The molecule has 1 amide bonds. The molecule has 0 fully saturated rings. The summed E-state index contributed by atoms with van der Waals surface area (Å²) in [5.41, 5.74) is 7.86. The van der Waals surface area contributed by atoms with E-state index in [9.17, 15) is 43.7 Å². The number of carbonyl (C=O) groups is 1. The van der Waals surface area contributed by atoms with Gasteiger partial charge in [-0.05, 0) is 43.8 Å². The van der Waals surface area contributed by atoms with Gasteiger partial charge in [0, 0.05) is 22.1 Å². The third-order valence-corrected chi connectivity index (χ3v) is 8.07. The Morgan fingerprint density at radius 1 is 0.824 bits per heavy atom. The minimum atomic E-state index is -5.62. The number of nitrogens with zero attached hydrogens (tertiary/aromatic N) is 3. The minimum absolute atomic E-state index is 0.191. The van der Waals surface area contributed by atoms with Crippen LogP contribution in [-0.2, 0) is 41.6 Å². The first kappa shape index (κ1) is 23.8. The maximum absolute atomic E-state index is 12.4. The van der Waals surface area contributed by atoms with E-state index in [1.807, 2.05) is 0 Å². The van der Waals surface area contributed by atoms with Crippen LogP contribution in [-0.4, -0.2) is 44.8 Å². The number of carbonyl (C=O) groups excluding carboxylic acids is 1. The monoisotopic (exact) mass is 525 g/mol. The molecule has 0 aliphatic heterocycles. The van der Waals surface area contributed by atoms with Gasteiger partial charge in [0.25, 0.3) is 30.4 Å². The quantitative estimate of drug-likeness (QED) is 0.113. The van der Waals surface area contributed by atoms with Gasteiger partial charge >= 0.3 is 0 Å². The molecule has 4 aromatic rings. The fourth-order valence-corrected chi connectivity index (χ4v) is 7.20. The molecular formula is C18H11N3O10S3. The molecular weight excluding hydrogens is 514 g/mol. The lowest BCUT2D eigenvalue weighted by atomic mass is 9.91. The molecule has 176 valence electrons. The predicted octanol–water partition coefficient (Wildman–Crippen LogP) is 2.70. The average Bonchev–Trinajstić information content (AvgIpc) is 2.69. The zero-order valence-electron chi connectivity index (χ0n) is 16.4. The summed E-state index contributed by atoms with van der Waals surface area (Å²) in [4.78, 5) is 10.3. The number of amides is 1. The summed E-state index contributed by atoms with van der Waals surface area (Å²) in [6.45, 7) is 0. The Morgan fingerprint density at radius 2 is 1.44 bits per heavy atom. The first-order valence-corrected chi connectivity index (χ1v) is 13.2. The second-order valence-corrected chi connectivity index (χ2v) is 11.2. The Balaban J connectivity index is 2.52. The van der Waals surface area contributed by atoms with Crippen molar-refractivity contribution in [3.05, 3.63) is 52.4 Å². The molecule has 0 atom stereocenters. The molecule has 3 N–H and O–H groups in total. The summed E-state index contributed by atoms with van der Waals surface area (Å²) < 4.78 is 104. The van der Waals surface area contributed by atoms with Gasteiger partial charge in [0.05, 0.1) is 0 Å². The van der Waals surface area contributed by atoms with E-state index >= 15 is 0 Å². The van der Waals surface area contributed by atoms with Gasteiger partial charge in [-0.1, -0.05) is 30.3 Å². The van der Waals surface area contributed by atoms with Crippen molar-refractivity contribution in [3.8, 4) is 0 Å². The largest absolute Gasteiger partial charge is 0.296 e. The molecule has 0 bridgehead atoms. The van der Waals surface area contributed by atoms with Gasteiger partial charge in [0.15, 0.2) is 0 Å². The maximum atomic E-state index is 12.4. The lowest BCUT2D eigenvalue weighted by molar-refractivity contribution is -0.117. The van der Waals surface area contributed by atoms with Crippen molar-refractivity contribution < 1.29 is 43.7 Å². The molecule has 4 aromatic carbocycles. The van der Waals surface area contributed by atoms with Crippen molar-refractivity contribution in [2.24, 2.45) is 5.11 Å². The van der Waals surface area contributed by atoms with Crippen molar-refractivity contribution in [2.75, 3.05) is 0 Å². The Bertz CT molecular complexity index is 1930.